The molecule has 0 aliphatic heterocycles. The van der Waals surface area contributed by atoms with Crippen molar-refractivity contribution in [1.82, 2.24) is 5.32 Å². The molecule has 4 heteroatoms. The number of carboxylic acids is 1. The van der Waals surface area contributed by atoms with Gasteiger partial charge < -0.3 is 10.4 Å². The minimum absolute atomic E-state index is 0.0360. The molecule has 0 radical (unpaired) electrons. The molecular weight excluding hydrogens is 290 g/mol. The van der Waals surface area contributed by atoms with Crippen LogP contribution in [0.5, 0.6) is 0 Å². The summed E-state index contributed by atoms with van der Waals surface area (Å²) in [5.74, 6) is -0.878. The number of amides is 1. The van der Waals surface area contributed by atoms with Gasteiger partial charge in [0.2, 0.25) is 5.91 Å². The van der Waals surface area contributed by atoms with E-state index in [1.807, 2.05) is 0 Å². The summed E-state index contributed by atoms with van der Waals surface area (Å²) < 4.78 is 0. The molecule has 0 bridgehead atoms. The van der Waals surface area contributed by atoms with Gasteiger partial charge in [0.1, 0.15) is 0 Å². The molecule has 0 aliphatic carbocycles. The number of hydrogen-bond acceptors (Lipinski definition) is 2. The number of carbonyl (C=O) groups is 2. The summed E-state index contributed by atoms with van der Waals surface area (Å²) in [5.41, 5.74) is 1.74. The Labute approximate surface area is 139 Å². The van der Waals surface area contributed by atoms with Crippen LogP contribution in [-0.4, -0.2) is 23.5 Å². The zero-order chi connectivity index (χ0) is 17.7. The van der Waals surface area contributed by atoms with E-state index in [1.165, 1.54) is 5.56 Å². The molecule has 0 aliphatic rings. The SMILES string of the molecule is CC(C)(CCNC(=O)CCc1ccc(C(C)(C)C)cc1)C(=O)O. The fraction of sp³-hybridized carbons (Fsp3) is 0.579. The highest BCUT2D eigenvalue weighted by Crippen LogP contribution is 2.22. The number of nitrogens with one attached hydrogen (secondary N) is 1. The molecule has 0 unspecified atom stereocenters. The smallest absolute Gasteiger partial charge is 0.309 e. The van der Waals surface area contributed by atoms with Gasteiger partial charge in [0, 0.05) is 13.0 Å². The Bertz CT molecular complexity index is 539. The third-order valence-corrected chi connectivity index (χ3v) is 4.11. The number of rotatable bonds is 7. The van der Waals surface area contributed by atoms with Gasteiger partial charge in [0.15, 0.2) is 0 Å². The first kappa shape index (κ1) is 19.2. The Morgan fingerprint density at radius 3 is 2.09 bits per heavy atom. The predicted molar refractivity (Wildman–Crippen MR) is 92.5 cm³/mol. The van der Waals surface area contributed by atoms with Crippen LogP contribution < -0.4 is 5.32 Å². The Morgan fingerprint density at radius 2 is 1.61 bits per heavy atom. The van der Waals surface area contributed by atoms with Crippen molar-refractivity contribution in [1.29, 1.82) is 0 Å². The van der Waals surface area contributed by atoms with E-state index in [-0.39, 0.29) is 11.3 Å². The van der Waals surface area contributed by atoms with Crippen molar-refractivity contribution in [3.8, 4) is 0 Å². The molecule has 1 rings (SSSR count). The van der Waals surface area contributed by atoms with Crippen LogP contribution in [0.4, 0.5) is 0 Å². The fourth-order valence-corrected chi connectivity index (χ4v) is 2.14. The summed E-state index contributed by atoms with van der Waals surface area (Å²) in [4.78, 5) is 22.8. The third kappa shape index (κ3) is 6.43. The topological polar surface area (TPSA) is 66.4 Å². The second-order valence-electron chi connectivity index (χ2n) is 7.74. The van der Waals surface area contributed by atoms with Crippen LogP contribution in [0.15, 0.2) is 24.3 Å². The summed E-state index contributed by atoms with van der Waals surface area (Å²) in [7, 11) is 0. The maximum atomic E-state index is 11.8. The van der Waals surface area contributed by atoms with E-state index in [0.29, 0.717) is 25.8 Å². The zero-order valence-corrected chi connectivity index (χ0v) is 14.9. The second kappa shape index (κ2) is 7.62. The first-order valence-electron chi connectivity index (χ1n) is 8.12. The standard InChI is InChI=1S/C19H29NO3/c1-18(2,3)15-9-6-14(7-10-15)8-11-16(21)20-13-12-19(4,5)17(22)23/h6-7,9-10H,8,11-13H2,1-5H3,(H,20,21)(H,22,23). The second-order valence-corrected chi connectivity index (χ2v) is 7.74. The molecule has 1 amide bonds. The molecule has 2 N–H and O–H groups in total. The predicted octanol–water partition coefficient (Wildman–Crippen LogP) is 3.53. The van der Waals surface area contributed by atoms with Gasteiger partial charge in [0.05, 0.1) is 5.41 Å². The first-order valence-corrected chi connectivity index (χ1v) is 8.12. The number of carboxylic acid groups (broad SMARTS) is 1. The van der Waals surface area contributed by atoms with Crippen molar-refractivity contribution in [2.45, 2.75) is 59.3 Å². The fourth-order valence-electron chi connectivity index (χ4n) is 2.14. The van der Waals surface area contributed by atoms with Crippen molar-refractivity contribution in [3.05, 3.63) is 35.4 Å². The Hall–Kier alpha value is -1.84. The Balaban J connectivity index is 2.38. The molecule has 23 heavy (non-hydrogen) atoms. The average molecular weight is 319 g/mol. The molecular formula is C19H29NO3. The summed E-state index contributed by atoms with van der Waals surface area (Å²) >= 11 is 0. The van der Waals surface area contributed by atoms with Crippen LogP contribution in [-0.2, 0) is 21.4 Å². The summed E-state index contributed by atoms with van der Waals surface area (Å²) in [6.07, 6.45) is 1.54. The maximum Gasteiger partial charge on any atom is 0.309 e. The number of aliphatic carboxylic acids is 1. The highest BCUT2D eigenvalue weighted by molar-refractivity contribution is 5.76. The first-order chi connectivity index (χ1) is 10.5. The molecule has 0 saturated heterocycles. The molecule has 4 nitrogen and oxygen atoms in total. The van der Waals surface area contributed by atoms with Crippen LogP contribution in [0.3, 0.4) is 0 Å². The van der Waals surface area contributed by atoms with E-state index in [0.717, 1.165) is 5.56 Å². The molecule has 0 saturated carbocycles. The van der Waals surface area contributed by atoms with Crippen LogP contribution >= 0.6 is 0 Å². The van der Waals surface area contributed by atoms with Gasteiger partial charge in [0.25, 0.3) is 0 Å². The van der Waals surface area contributed by atoms with Crippen LogP contribution in [0.2, 0.25) is 0 Å². The van der Waals surface area contributed by atoms with E-state index in [2.05, 4.69) is 50.4 Å². The maximum absolute atomic E-state index is 11.8. The van der Waals surface area contributed by atoms with Gasteiger partial charge >= 0.3 is 5.97 Å². The number of carbonyl (C=O) groups excluding carboxylic acids is 1. The summed E-state index contributed by atoms with van der Waals surface area (Å²) in [5, 5.41) is 11.8. The molecule has 0 fully saturated rings. The molecule has 1 aromatic rings. The number of hydrogen-bond donors (Lipinski definition) is 2. The Kier molecular flexibility index (Phi) is 6.37. The van der Waals surface area contributed by atoms with Crippen LogP contribution in [0.25, 0.3) is 0 Å². The molecule has 0 aromatic heterocycles. The van der Waals surface area contributed by atoms with E-state index >= 15 is 0 Å². The van der Waals surface area contributed by atoms with Gasteiger partial charge in [-0.2, -0.15) is 0 Å². The monoisotopic (exact) mass is 319 g/mol. The van der Waals surface area contributed by atoms with E-state index < -0.39 is 11.4 Å². The number of aryl methyl sites for hydroxylation is 1. The largest absolute Gasteiger partial charge is 0.481 e. The average Bonchev–Trinajstić information content (AvgIpc) is 2.44. The quantitative estimate of drug-likeness (QED) is 0.808. The van der Waals surface area contributed by atoms with Crippen LogP contribution in [0, 0.1) is 5.41 Å². The lowest BCUT2D eigenvalue weighted by Crippen LogP contribution is -2.32. The van der Waals surface area contributed by atoms with Crippen molar-refractivity contribution in [3.63, 3.8) is 0 Å². The molecule has 1 aromatic carbocycles. The van der Waals surface area contributed by atoms with E-state index in [9.17, 15) is 9.59 Å². The van der Waals surface area contributed by atoms with Gasteiger partial charge in [-0.25, -0.2) is 0 Å². The third-order valence-electron chi connectivity index (χ3n) is 4.11. The lowest BCUT2D eigenvalue weighted by molar-refractivity contribution is -0.147. The highest BCUT2D eigenvalue weighted by Gasteiger charge is 2.26. The molecule has 0 spiro atoms. The molecule has 0 atom stereocenters. The Morgan fingerprint density at radius 1 is 1.04 bits per heavy atom. The highest BCUT2D eigenvalue weighted by atomic mass is 16.4. The van der Waals surface area contributed by atoms with Crippen molar-refractivity contribution in [2.24, 2.45) is 5.41 Å². The van der Waals surface area contributed by atoms with E-state index in [1.54, 1.807) is 13.8 Å². The minimum atomic E-state index is -0.842. The summed E-state index contributed by atoms with van der Waals surface area (Å²) in [6.45, 7) is 10.2. The van der Waals surface area contributed by atoms with Crippen molar-refractivity contribution in [2.75, 3.05) is 6.54 Å². The summed E-state index contributed by atoms with van der Waals surface area (Å²) in [6, 6.07) is 8.37. The molecule has 0 heterocycles. The van der Waals surface area contributed by atoms with Gasteiger partial charge in [-0.3, -0.25) is 9.59 Å². The van der Waals surface area contributed by atoms with E-state index in [4.69, 9.17) is 5.11 Å². The molecule has 128 valence electrons. The van der Waals surface area contributed by atoms with Gasteiger partial charge in [-0.1, -0.05) is 45.0 Å². The van der Waals surface area contributed by atoms with Crippen LogP contribution in [0.1, 0.15) is 58.6 Å². The van der Waals surface area contributed by atoms with Crippen molar-refractivity contribution >= 4 is 11.9 Å². The lowest BCUT2D eigenvalue weighted by atomic mass is 9.86. The number of benzene rings is 1. The van der Waals surface area contributed by atoms with Crippen molar-refractivity contribution < 1.29 is 14.7 Å². The minimum Gasteiger partial charge on any atom is -0.481 e. The van der Waals surface area contributed by atoms with Gasteiger partial charge in [-0.15, -0.1) is 0 Å². The lowest BCUT2D eigenvalue weighted by Gasteiger charge is -2.19. The van der Waals surface area contributed by atoms with Gasteiger partial charge in [-0.05, 0) is 43.2 Å². The zero-order valence-electron chi connectivity index (χ0n) is 14.9. The normalized spacial score (nSPS) is 12.0.